The number of hydrogen-bond donors (Lipinski definition) is 2. The normalized spacial score (nSPS) is 17.2. The maximum atomic E-state index is 10.3. The molecule has 1 heterocycles. The molecule has 2 aromatic rings. The van der Waals surface area contributed by atoms with Crippen molar-refractivity contribution in [1.29, 1.82) is 0 Å². The molecule has 1 aromatic heterocycles. The molecule has 3 rings (SSSR count). The molecule has 3 heteroatoms. The van der Waals surface area contributed by atoms with Crippen LogP contribution in [0.2, 0.25) is 0 Å². The predicted molar refractivity (Wildman–Crippen MR) is 88.6 cm³/mol. The molecule has 0 bridgehead atoms. The first-order valence-electron chi connectivity index (χ1n) is 8.09. The molecule has 1 aliphatic rings. The third-order valence-corrected chi connectivity index (χ3v) is 4.39. The van der Waals surface area contributed by atoms with Crippen LogP contribution in [0.5, 0.6) is 0 Å². The van der Waals surface area contributed by atoms with E-state index in [0.29, 0.717) is 12.6 Å². The molecule has 22 heavy (non-hydrogen) atoms. The Balaban J connectivity index is 1.58. The van der Waals surface area contributed by atoms with Gasteiger partial charge in [-0.3, -0.25) is 4.98 Å². The molecule has 3 nitrogen and oxygen atoms in total. The standard InChI is InChI=1S/C19H24N2O/c1-14-3-2-4-15(11-14)12-18(16-5-6-16)21-13-19(22)17-7-9-20-10-8-17/h2-4,7-11,16,18-19,21-22H,5-6,12-13H2,1H3. The van der Waals surface area contributed by atoms with Gasteiger partial charge in [0.05, 0.1) is 6.10 Å². The van der Waals surface area contributed by atoms with Crippen molar-refractivity contribution in [2.75, 3.05) is 6.54 Å². The van der Waals surface area contributed by atoms with Crippen LogP contribution in [-0.2, 0) is 6.42 Å². The summed E-state index contributed by atoms with van der Waals surface area (Å²) in [6.07, 6.45) is 6.62. The Morgan fingerprint density at radius 2 is 2.00 bits per heavy atom. The summed E-state index contributed by atoms with van der Waals surface area (Å²) in [5.74, 6) is 0.755. The Labute approximate surface area is 132 Å². The average Bonchev–Trinajstić information content (AvgIpc) is 3.37. The highest BCUT2D eigenvalue weighted by Gasteiger charge is 2.31. The number of benzene rings is 1. The average molecular weight is 296 g/mol. The molecule has 1 saturated carbocycles. The SMILES string of the molecule is Cc1cccc(CC(NCC(O)c2ccncc2)C2CC2)c1. The zero-order valence-corrected chi connectivity index (χ0v) is 13.1. The van der Waals surface area contributed by atoms with Gasteiger partial charge in [-0.05, 0) is 55.4 Å². The Hall–Kier alpha value is -1.71. The lowest BCUT2D eigenvalue weighted by molar-refractivity contribution is 0.167. The fourth-order valence-corrected chi connectivity index (χ4v) is 2.96. The number of aromatic nitrogens is 1. The maximum absolute atomic E-state index is 10.3. The summed E-state index contributed by atoms with van der Waals surface area (Å²) in [4.78, 5) is 3.99. The van der Waals surface area contributed by atoms with E-state index >= 15 is 0 Å². The predicted octanol–water partition coefficient (Wildman–Crippen LogP) is 3.03. The van der Waals surface area contributed by atoms with Crippen molar-refractivity contribution in [3.05, 3.63) is 65.5 Å². The van der Waals surface area contributed by atoms with E-state index in [-0.39, 0.29) is 0 Å². The molecule has 2 atom stereocenters. The van der Waals surface area contributed by atoms with E-state index in [0.717, 1.165) is 17.9 Å². The van der Waals surface area contributed by atoms with Gasteiger partial charge in [-0.15, -0.1) is 0 Å². The van der Waals surface area contributed by atoms with Crippen LogP contribution in [0.15, 0.2) is 48.8 Å². The van der Waals surface area contributed by atoms with Crippen LogP contribution in [0.4, 0.5) is 0 Å². The molecule has 0 amide bonds. The van der Waals surface area contributed by atoms with Crippen LogP contribution < -0.4 is 5.32 Å². The second-order valence-electron chi connectivity index (χ2n) is 6.34. The van der Waals surface area contributed by atoms with Crippen molar-refractivity contribution in [1.82, 2.24) is 10.3 Å². The summed E-state index contributed by atoms with van der Waals surface area (Å²) < 4.78 is 0. The van der Waals surface area contributed by atoms with Gasteiger partial charge in [0.1, 0.15) is 0 Å². The number of aliphatic hydroxyl groups excluding tert-OH is 1. The summed E-state index contributed by atoms with van der Waals surface area (Å²) >= 11 is 0. The maximum Gasteiger partial charge on any atom is 0.0915 e. The monoisotopic (exact) mass is 296 g/mol. The zero-order valence-electron chi connectivity index (χ0n) is 13.1. The summed E-state index contributed by atoms with van der Waals surface area (Å²) in [5, 5.41) is 13.9. The van der Waals surface area contributed by atoms with Gasteiger partial charge in [-0.25, -0.2) is 0 Å². The van der Waals surface area contributed by atoms with Gasteiger partial charge in [0.25, 0.3) is 0 Å². The first kappa shape index (κ1) is 15.2. The van der Waals surface area contributed by atoms with Gasteiger partial charge < -0.3 is 10.4 Å². The number of nitrogens with one attached hydrogen (secondary N) is 1. The largest absolute Gasteiger partial charge is 0.387 e. The van der Waals surface area contributed by atoms with Gasteiger partial charge in [0, 0.05) is 25.0 Å². The molecule has 1 aromatic carbocycles. The van der Waals surface area contributed by atoms with Gasteiger partial charge in [0.15, 0.2) is 0 Å². The summed E-state index contributed by atoms with van der Waals surface area (Å²) in [7, 11) is 0. The van der Waals surface area contributed by atoms with E-state index in [4.69, 9.17) is 0 Å². The highest BCUT2D eigenvalue weighted by molar-refractivity contribution is 5.23. The summed E-state index contributed by atoms with van der Waals surface area (Å²) in [6, 6.07) is 12.9. The van der Waals surface area contributed by atoms with Gasteiger partial charge in [-0.2, -0.15) is 0 Å². The van der Waals surface area contributed by atoms with E-state index in [2.05, 4.69) is 41.5 Å². The third-order valence-electron chi connectivity index (χ3n) is 4.39. The molecule has 116 valence electrons. The minimum atomic E-state index is -0.471. The van der Waals surface area contributed by atoms with Crippen LogP contribution in [-0.4, -0.2) is 22.7 Å². The minimum absolute atomic E-state index is 0.457. The fraction of sp³-hybridized carbons (Fsp3) is 0.421. The van der Waals surface area contributed by atoms with Gasteiger partial charge in [-0.1, -0.05) is 29.8 Å². The number of rotatable bonds is 7. The molecular weight excluding hydrogens is 272 g/mol. The number of pyridine rings is 1. The molecule has 1 aliphatic carbocycles. The van der Waals surface area contributed by atoms with Crippen molar-refractivity contribution in [3.8, 4) is 0 Å². The number of aryl methyl sites for hydroxylation is 1. The van der Waals surface area contributed by atoms with Crippen molar-refractivity contribution >= 4 is 0 Å². The third kappa shape index (κ3) is 4.15. The highest BCUT2D eigenvalue weighted by Crippen LogP contribution is 2.34. The lowest BCUT2D eigenvalue weighted by atomic mass is 10.00. The molecule has 0 aliphatic heterocycles. The lowest BCUT2D eigenvalue weighted by Gasteiger charge is -2.21. The molecule has 0 spiro atoms. The topological polar surface area (TPSA) is 45.1 Å². The van der Waals surface area contributed by atoms with E-state index in [1.807, 2.05) is 12.1 Å². The zero-order chi connectivity index (χ0) is 15.4. The second kappa shape index (κ2) is 7.03. The Morgan fingerprint density at radius 3 is 2.68 bits per heavy atom. The Kier molecular flexibility index (Phi) is 4.86. The number of aliphatic hydroxyl groups is 1. The van der Waals surface area contributed by atoms with E-state index < -0.39 is 6.10 Å². The quantitative estimate of drug-likeness (QED) is 0.825. The second-order valence-corrected chi connectivity index (χ2v) is 6.34. The fourth-order valence-electron chi connectivity index (χ4n) is 2.96. The van der Waals surface area contributed by atoms with E-state index in [9.17, 15) is 5.11 Å². The molecule has 2 N–H and O–H groups in total. The Morgan fingerprint density at radius 1 is 1.23 bits per heavy atom. The number of hydrogen-bond acceptors (Lipinski definition) is 3. The van der Waals surface area contributed by atoms with Gasteiger partial charge >= 0.3 is 0 Å². The first-order valence-corrected chi connectivity index (χ1v) is 8.09. The van der Waals surface area contributed by atoms with Crippen molar-refractivity contribution in [2.24, 2.45) is 5.92 Å². The van der Waals surface area contributed by atoms with E-state index in [1.165, 1.54) is 24.0 Å². The van der Waals surface area contributed by atoms with Gasteiger partial charge in [0.2, 0.25) is 0 Å². The highest BCUT2D eigenvalue weighted by atomic mass is 16.3. The van der Waals surface area contributed by atoms with Crippen molar-refractivity contribution in [3.63, 3.8) is 0 Å². The van der Waals surface area contributed by atoms with Crippen LogP contribution in [0.25, 0.3) is 0 Å². The molecule has 0 radical (unpaired) electrons. The van der Waals surface area contributed by atoms with Crippen molar-refractivity contribution < 1.29 is 5.11 Å². The van der Waals surface area contributed by atoms with Crippen LogP contribution in [0.1, 0.15) is 35.6 Å². The summed E-state index contributed by atoms with van der Waals surface area (Å²) in [5.41, 5.74) is 3.61. The molecule has 1 fully saturated rings. The van der Waals surface area contributed by atoms with Crippen LogP contribution >= 0.6 is 0 Å². The molecule has 2 unspecified atom stereocenters. The van der Waals surface area contributed by atoms with E-state index in [1.54, 1.807) is 12.4 Å². The molecule has 0 saturated heterocycles. The van der Waals surface area contributed by atoms with Crippen molar-refractivity contribution in [2.45, 2.75) is 38.3 Å². The van der Waals surface area contributed by atoms with Crippen LogP contribution in [0.3, 0.4) is 0 Å². The summed E-state index contributed by atoms with van der Waals surface area (Å²) in [6.45, 7) is 2.73. The van der Waals surface area contributed by atoms with Crippen LogP contribution in [0, 0.1) is 12.8 Å². The number of nitrogens with zero attached hydrogens (tertiary/aromatic N) is 1. The smallest absolute Gasteiger partial charge is 0.0915 e. The lowest BCUT2D eigenvalue weighted by Crippen LogP contribution is -2.36. The first-order chi connectivity index (χ1) is 10.7. The molecular formula is C19H24N2O. The Bertz CT molecular complexity index is 595. The minimum Gasteiger partial charge on any atom is -0.387 e.